The van der Waals surface area contributed by atoms with Crippen LogP contribution in [0.1, 0.15) is 11.1 Å². The summed E-state index contributed by atoms with van der Waals surface area (Å²) in [7, 11) is -3.25. The van der Waals surface area contributed by atoms with Gasteiger partial charge in [-0.05, 0) is 24.7 Å². The maximum absolute atomic E-state index is 11.1. The van der Waals surface area contributed by atoms with Gasteiger partial charge in [0.15, 0.2) is 10.0 Å². The number of hydrogen-bond donors (Lipinski definition) is 0. The van der Waals surface area contributed by atoms with Gasteiger partial charge in [0.05, 0.1) is 5.75 Å². The van der Waals surface area contributed by atoms with Crippen molar-refractivity contribution in [3.05, 3.63) is 28.1 Å². The fourth-order valence-corrected chi connectivity index (χ4v) is 2.30. The second-order valence-electron chi connectivity index (χ2n) is 3.12. The van der Waals surface area contributed by atoms with E-state index in [9.17, 15) is 8.42 Å². The molecule has 0 aromatic carbocycles. The van der Waals surface area contributed by atoms with Crippen LogP contribution in [0.25, 0.3) is 4.72 Å². The molecule has 0 N–H and O–H groups in total. The zero-order chi connectivity index (χ0) is 9.47. The molecule has 0 spiro atoms. The van der Waals surface area contributed by atoms with E-state index in [0.29, 0.717) is 12.2 Å². The summed E-state index contributed by atoms with van der Waals surface area (Å²) in [5, 5.41) is 0. The summed E-state index contributed by atoms with van der Waals surface area (Å²) in [6.07, 6.45) is 2.15. The number of hydrogen-bond acceptors (Lipinski definition) is 3. The minimum absolute atomic E-state index is 0. The Kier molecular flexibility index (Phi) is 4.28. The van der Waals surface area contributed by atoms with Crippen molar-refractivity contribution in [3.63, 3.8) is 0 Å². The smallest absolute Gasteiger partial charge is 0.442 e. The van der Waals surface area contributed by atoms with Gasteiger partial charge in [-0.25, -0.2) is 8.42 Å². The van der Waals surface area contributed by atoms with Crippen molar-refractivity contribution in [2.75, 3.05) is 5.75 Å². The molecule has 14 heavy (non-hydrogen) atoms. The zero-order valence-corrected chi connectivity index (χ0v) is 13.9. The van der Waals surface area contributed by atoms with Crippen molar-refractivity contribution >= 4 is 15.8 Å². The Hall–Kier alpha value is 0.705. The Bertz CT molecular complexity index is 445. The number of aromatic nitrogens is 1. The molecule has 1 aliphatic rings. The summed E-state index contributed by atoms with van der Waals surface area (Å²) in [5.41, 5.74) is 1.96. The van der Waals surface area contributed by atoms with Gasteiger partial charge in [-0.1, -0.05) is 17.8 Å². The van der Waals surface area contributed by atoms with Crippen LogP contribution < -0.4 is 58.2 Å². The number of pyridine rings is 1. The van der Waals surface area contributed by atoms with E-state index in [-0.39, 0.29) is 63.9 Å². The molecular weight excluding hydrogens is 274 g/mol. The number of fused-ring (bicyclic) bond motifs is 1. The van der Waals surface area contributed by atoms with E-state index in [1.54, 1.807) is 6.20 Å². The third kappa shape index (κ3) is 2.85. The Morgan fingerprint density at radius 3 is 2.93 bits per heavy atom. The van der Waals surface area contributed by atoms with Crippen LogP contribution in [0.4, 0.5) is 5.82 Å². The predicted molar refractivity (Wildman–Crippen MR) is 49.5 cm³/mol. The van der Waals surface area contributed by atoms with E-state index < -0.39 is 10.0 Å². The standard InChI is InChI=1S/C8H9N2O2S.Rb/c1-6-4-7-2-3-13(11,12)10-8(7)9-5-6;/h4-5H,2-3H2,1H3;/q-1;+1. The number of nitrogens with zero attached hydrogens (tertiary/aromatic N) is 2. The predicted octanol–water partition coefficient (Wildman–Crippen LogP) is -1.71. The van der Waals surface area contributed by atoms with Crippen LogP contribution in [-0.2, 0) is 16.4 Å². The van der Waals surface area contributed by atoms with Gasteiger partial charge in [-0.2, -0.15) is 0 Å². The van der Waals surface area contributed by atoms with Crippen molar-refractivity contribution in [1.29, 1.82) is 0 Å². The average Bonchev–Trinajstić information content (AvgIpc) is 2.05. The molecule has 70 valence electrons. The molecule has 0 amide bonds. The number of sulfonamides is 1. The molecule has 1 aromatic heterocycles. The molecule has 0 aliphatic carbocycles. The minimum Gasteiger partial charge on any atom is -0.442 e. The normalized spacial score (nSPS) is 17.5. The quantitative estimate of drug-likeness (QED) is 0.569. The SMILES string of the molecule is Cc1cnc2c(c1)CCS(=O)(=O)[N-]2.[Rb+]. The first-order chi connectivity index (χ1) is 6.07. The molecule has 4 nitrogen and oxygen atoms in total. The van der Waals surface area contributed by atoms with E-state index in [4.69, 9.17) is 0 Å². The topological polar surface area (TPSA) is 61.1 Å². The second kappa shape index (κ2) is 4.70. The second-order valence-corrected chi connectivity index (χ2v) is 4.88. The van der Waals surface area contributed by atoms with E-state index in [2.05, 4.69) is 9.71 Å². The molecule has 0 radical (unpaired) electrons. The van der Waals surface area contributed by atoms with Gasteiger partial charge in [0, 0.05) is 0 Å². The van der Waals surface area contributed by atoms with Crippen molar-refractivity contribution in [3.8, 4) is 0 Å². The van der Waals surface area contributed by atoms with Crippen LogP contribution in [0.2, 0.25) is 0 Å². The summed E-state index contributed by atoms with van der Waals surface area (Å²) in [6, 6.07) is 1.93. The van der Waals surface area contributed by atoms with E-state index in [1.807, 2.05) is 13.0 Å². The van der Waals surface area contributed by atoms with Crippen LogP contribution in [0, 0.1) is 6.92 Å². The monoisotopic (exact) mass is 282 g/mol. The van der Waals surface area contributed by atoms with Gasteiger partial charge in [0.1, 0.15) is 0 Å². The summed E-state index contributed by atoms with van der Waals surface area (Å²) in [4.78, 5) is 3.97. The van der Waals surface area contributed by atoms with Crippen molar-refractivity contribution < 1.29 is 66.6 Å². The molecule has 6 heteroatoms. The fourth-order valence-electron chi connectivity index (χ4n) is 1.31. The van der Waals surface area contributed by atoms with Gasteiger partial charge in [-0.15, -0.1) is 0 Å². The average molecular weight is 283 g/mol. The largest absolute Gasteiger partial charge is 1.00 e. The molecule has 0 saturated heterocycles. The third-order valence-corrected chi connectivity index (χ3v) is 3.11. The molecule has 0 atom stereocenters. The molecule has 0 saturated carbocycles. The number of rotatable bonds is 0. The molecule has 0 bridgehead atoms. The maximum Gasteiger partial charge on any atom is 1.00 e. The molecule has 1 aromatic rings. The van der Waals surface area contributed by atoms with E-state index >= 15 is 0 Å². The molecule has 0 unspecified atom stereocenters. The minimum atomic E-state index is -3.25. The van der Waals surface area contributed by atoms with E-state index in [0.717, 1.165) is 11.1 Å². The maximum atomic E-state index is 11.1. The van der Waals surface area contributed by atoms with Gasteiger partial charge in [-0.3, -0.25) is 0 Å². The summed E-state index contributed by atoms with van der Waals surface area (Å²) < 4.78 is 25.8. The van der Waals surface area contributed by atoms with Crippen LogP contribution in [-0.4, -0.2) is 19.2 Å². The third-order valence-electron chi connectivity index (χ3n) is 1.93. The van der Waals surface area contributed by atoms with Gasteiger partial charge < -0.3 is 9.71 Å². The summed E-state index contributed by atoms with van der Waals surface area (Å²) in [5.74, 6) is 0.461. The fraction of sp³-hybridized carbons (Fsp3) is 0.375. The first-order valence-corrected chi connectivity index (χ1v) is 5.59. The first-order valence-electron chi connectivity index (χ1n) is 3.98. The van der Waals surface area contributed by atoms with Crippen molar-refractivity contribution in [1.82, 2.24) is 4.98 Å². The van der Waals surface area contributed by atoms with Gasteiger partial charge in [0.2, 0.25) is 0 Å². The van der Waals surface area contributed by atoms with Crippen molar-refractivity contribution in [2.24, 2.45) is 0 Å². The molecule has 1 aliphatic heterocycles. The Morgan fingerprint density at radius 2 is 2.21 bits per heavy atom. The summed E-state index contributed by atoms with van der Waals surface area (Å²) in [6.45, 7) is 1.93. The molecule has 2 rings (SSSR count). The molecule has 2 heterocycles. The Balaban J connectivity index is 0.000000980. The van der Waals surface area contributed by atoms with E-state index in [1.165, 1.54) is 0 Å². The van der Waals surface area contributed by atoms with Gasteiger partial charge in [0.25, 0.3) is 0 Å². The van der Waals surface area contributed by atoms with Crippen LogP contribution >= 0.6 is 0 Å². The zero-order valence-electron chi connectivity index (χ0n) is 8.19. The van der Waals surface area contributed by atoms with Gasteiger partial charge >= 0.3 is 58.2 Å². The molecule has 0 fully saturated rings. The van der Waals surface area contributed by atoms with Crippen LogP contribution in [0.3, 0.4) is 0 Å². The first kappa shape index (κ1) is 12.8. The molecular formula is C8H9N2O2RbS. The van der Waals surface area contributed by atoms with Crippen molar-refractivity contribution in [2.45, 2.75) is 13.3 Å². The van der Waals surface area contributed by atoms with Crippen LogP contribution in [0.15, 0.2) is 12.3 Å². The number of aryl methyl sites for hydroxylation is 2. The van der Waals surface area contributed by atoms with Crippen LogP contribution in [0.5, 0.6) is 0 Å². The summed E-state index contributed by atoms with van der Waals surface area (Å²) >= 11 is 0. The Morgan fingerprint density at radius 1 is 1.50 bits per heavy atom. The Labute approximate surface area is 132 Å².